The summed E-state index contributed by atoms with van der Waals surface area (Å²) < 4.78 is 0. The second-order valence-corrected chi connectivity index (χ2v) is 7.30. The topological polar surface area (TPSA) is 68.9 Å². The van der Waals surface area contributed by atoms with Crippen molar-refractivity contribution in [3.8, 4) is 10.4 Å². The highest BCUT2D eigenvalue weighted by Crippen LogP contribution is 2.36. The molecule has 0 spiro atoms. The molecule has 0 unspecified atom stereocenters. The first-order valence-corrected chi connectivity index (χ1v) is 9.18. The molecule has 0 aliphatic rings. The molecule has 118 valence electrons. The molecule has 0 saturated heterocycles. The van der Waals surface area contributed by atoms with E-state index < -0.39 is 0 Å². The van der Waals surface area contributed by atoms with Gasteiger partial charge in [-0.25, -0.2) is 9.97 Å². The van der Waals surface area contributed by atoms with E-state index in [1.54, 1.807) is 23.1 Å². The summed E-state index contributed by atoms with van der Waals surface area (Å²) in [4.78, 5) is 22.2. The van der Waals surface area contributed by atoms with Crippen molar-refractivity contribution in [1.82, 2.24) is 9.97 Å². The minimum atomic E-state index is -0.253. The van der Waals surface area contributed by atoms with Crippen molar-refractivity contribution in [2.24, 2.45) is 5.73 Å². The van der Waals surface area contributed by atoms with E-state index in [4.69, 9.17) is 5.73 Å². The summed E-state index contributed by atoms with van der Waals surface area (Å²) in [6.45, 7) is 1.91. The predicted octanol–water partition coefficient (Wildman–Crippen LogP) is 4.02. The minimum Gasteiger partial charge on any atom is -0.370 e. The van der Waals surface area contributed by atoms with Gasteiger partial charge in [0.15, 0.2) is 0 Å². The highest BCUT2D eigenvalue weighted by atomic mass is 32.2. The molecular weight excluding hydrogens is 326 g/mol. The fourth-order valence-corrected chi connectivity index (χ4v) is 4.40. The van der Waals surface area contributed by atoms with Crippen molar-refractivity contribution in [3.63, 3.8) is 0 Å². The monoisotopic (exact) mass is 343 g/mol. The van der Waals surface area contributed by atoms with E-state index in [2.05, 4.69) is 28.2 Å². The van der Waals surface area contributed by atoms with Crippen molar-refractivity contribution in [2.45, 2.75) is 24.8 Å². The molecule has 0 atom stereocenters. The van der Waals surface area contributed by atoms with Crippen LogP contribution in [0.2, 0.25) is 0 Å². The number of hydrogen-bond donors (Lipinski definition) is 1. The first-order chi connectivity index (χ1) is 11.1. The zero-order chi connectivity index (χ0) is 16.2. The van der Waals surface area contributed by atoms with Gasteiger partial charge in [0, 0.05) is 22.4 Å². The van der Waals surface area contributed by atoms with Crippen molar-refractivity contribution in [3.05, 3.63) is 42.2 Å². The second-order valence-electron chi connectivity index (χ2n) is 5.19. The molecule has 6 heteroatoms. The number of primary amides is 1. The quantitative estimate of drug-likeness (QED) is 0.417. The van der Waals surface area contributed by atoms with Crippen LogP contribution in [-0.2, 0) is 4.79 Å². The smallest absolute Gasteiger partial charge is 0.217 e. The van der Waals surface area contributed by atoms with Crippen LogP contribution in [0.3, 0.4) is 0 Å². The lowest BCUT2D eigenvalue weighted by Crippen LogP contribution is -2.10. The van der Waals surface area contributed by atoms with E-state index in [1.807, 2.05) is 25.1 Å². The minimum absolute atomic E-state index is 0.253. The third-order valence-corrected chi connectivity index (χ3v) is 5.49. The Labute approximate surface area is 143 Å². The fraction of sp³-hybridized carbons (Fsp3) is 0.235. The first-order valence-electron chi connectivity index (χ1n) is 7.38. The van der Waals surface area contributed by atoms with Gasteiger partial charge in [-0.2, -0.15) is 0 Å². The Hall–Kier alpha value is -1.92. The van der Waals surface area contributed by atoms with Gasteiger partial charge in [-0.05, 0) is 25.0 Å². The van der Waals surface area contributed by atoms with Crippen LogP contribution in [0.5, 0.6) is 0 Å². The molecule has 0 saturated carbocycles. The number of thioether (sulfide) groups is 1. The van der Waals surface area contributed by atoms with Gasteiger partial charge >= 0.3 is 0 Å². The van der Waals surface area contributed by atoms with Gasteiger partial charge in [0.05, 0.1) is 0 Å². The average molecular weight is 343 g/mol. The Balaban J connectivity index is 1.88. The van der Waals surface area contributed by atoms with Gasteiger partial charge in [0.25, 0.3) is 0 Å². The number of nitrogens with zero attached hydrogens (tertiary/aromatic N) is 2. The Morgan fingerprint density at radius 2 is 2.04 bits per heavy atom. The van der Waals surface area contributed by atoms with Gasteiger partial charge in [-0.15, -0.1) is 23.1 Å². The summed E-state index contributed by atoms with van der Waals surface area (Å²) in [5.41, 5.74) is 6.37. The zero-order valence-electron chi connectivity index (χ0n) is 12.8. The van der Waals surface area contributed by atoms with E-state index in [9.17, 15) is 4.79 Å². The lowest BCUT2D eigenvalue weighted by atomic mass is 10.2. The number of nitrogens with two attached hydrogens (primary N) is 1. The summed E-state index contributed by atoms with van der Waals surface area (Å²) in [6, 6.07) is 12.5. The third-order valence-electron chi connectivity index (χ3n) is 3.33. The summed E-state index contributed by atoms with van der Waals surface area (Å²) in [5, 5.41) is 2.07. The maximum atomic E-state index is 10.8. The molecule has 0 radical (unpaired) electrons. The van der Waals surface area contributed by atoms with Crippen LogP contribution in [0.15, 0.2) is 41.4 Å². The maximum Gasteiger partial charge on any atom is 0.217 e. The number of carbonyl (C=O) groups excluding carboxylic acids is 1. The number of aromatic nitrogens is 2. The number of benzene rings is 1. The van der Waals surface area contributed by atoms with Crippen LogP contribution < -0.4 is 5.73 Å². The fourth-order valence-electron chi connectivity index (χ4n) is 2.27. The number of aryl methyl sites for hydroxylation is 1. The first kappa shape index (κ1) is 16.0. The van der Waals surface area contributed by atoms with Crippen molar-refractivity contribution in [1.29, 1.82) is 0 Å². The van der Waals surface area contributed by atoms with Crippen LogP contribution >= 0.6 is 23.1 Å². The highest BCUT2D eigenvalue weighted by molar-refractivity contribution is 7.99. The SMILES string of the molecule is Cc1nc(SCCCC(N)=O)c2cc(-c3ccccc3)sc2n1. The number of fused-ring (bicyclic) bond motifs is 1. The van der Waals surface area contributed by atoms with Crippen LogP contribution in [0, 0.1) is 6.92 Å². The zero-order valence-corrected chi connectivity index (χ0v) is 14.4. The van der Waals surface area contributed by atoms with Gasteiger partial charge < -0.3 is 5.73 Å². The molecule has 0 fully saturated rings. The normalized spacial score (nSPS) is 11.0. The van der Waals surface area contributed by atoms with E-state index in [-0.39, 0.29) is 5.91 Å². The number of hydrogen-bond acceptors (Lipinski definition) is 5. The van der Waals surface area contributed by atoms with Crippen molar-refractivity contribution in [2.75, 3.05) is 5.75 Å². The number of carbonyl (C=O) groups is 1. The molecule has 0 aliphatic carbocycles. The molecule has 2 heterocycles. The Morgan fingerprint density at radius 3 is 2.78 bits per heavy atom. The standard InChI is InChI=1S/C17H17N3OS2/c1-11-19-16(22-9-5-8-15(18)21)13-10-14(23-17(13)20-11)12-6-3-2-4-7-12/h2-4,6-7,10H,5,8-9H2,1H3,(H2,18,21). The van der Waals surface area contributed by atoms with Crippen molar-refractivity contribution < 1.29 is 4.79 Å². The van der Waals surface area contributed by atoms with Gasteiger partial charge in [0.1, 0.15) is 15.7 Å². The molecule has 1 amide bonds. The highest BCUT2D eigenvalue weighted by Gasteiger charge is 2.12. The van der Waals surface area contributed by atoms with Crippen molar-refractivity contribution >= 4 is 39.2 Å². The Morgan fingerprint density at radius 1 is 1.26 bits per heavy atom. The Bertz CT molecular complexity index is 830. The largest absolute Gasteiger partial charge is 0.370 e. The molecule has 3 aromatic rings. The van der Waals surface area contributed by atoms with E-state index in [0.717, 1.165) is 33.2 Å². The maximum absolute atomic E-state index is 10.8. The summed E-state index contributed by atoms with van der Waals surface area (Å²) >= 11 is 3.35. The van der Waals surface area contributed by atoms with Crippen LogP contribution in [0.4, 0.5) is 0 Å². The Kier molecular flexibility index (Phi) is 4.93. The molecule has 2 aromatic heterocycles. The van der Waals surface area contributed by atoms with Gasteiger partial charge in [-0.1, -0.05) is 30.3 Å². The molecule has 0 bridgehead atoms. The number of amides is 1. The van der Waals surface area contributed by atoms with E-state index in [0.29, 0.717) is 6.42 Å². The lowest BCUT2D eigenvalue weighted by molar-refractivity contribution is -0.118. The van der Waals surface area contributed by atoms with E-state index >= 15 is 0 Å². The molecule has 4 nitrogen and oxygen atoms in total. The van der Waals surface area contributed by atoms with Gasteiger partial charge in [-0.3, -0.25) is 4.79 Å². The molecule has 1 aromatic carbocycles. The molecule has 3 rings (SSSR count). The predicted molar refractivity (Wildman–Crippen MR) is 96.7 cm³/mol. The van der Waals surface area contributed by atoms with E-state index in [1.165, 1.54) is 10.4 Å². The lowest BCUT2D eigenvalue weighted by Gasteiger charge is -2.02. The average Bonchev–Trinajstić information content (AvgIpc) is 2.96. The molecule has 2 N–H and O–H groups in total. The molecule has 23 heavy (non-hydrogen) atoms. The number of thiophene rings is 1. The summed E-state index contributed by atoms with van der Waals surface area (Å²) in [5.74, 6) is 1.35. The third kappa shape index (κ3) is 3.89. The summed E-state index contributed by atoms with van der Waals surface area (Å²) in [6.07, 6.45) is 1.18. The van der Waals surface area contributed by atoms with Crippen LogP contribution in [-0.4, -0.2) is 21.6 Å². The van der Waals surface area contributed by atoms with Gasteiger partial charge in [0.2, 0.25) is 5.91 Å². The van der Waals surface area contributed by atoms with Crippen LogP contribution in [0.1, 0.15) is 18.7 Å². The molecule has 0 aliphatic heterocycles. The molecular formula is C17H17N3OS2. The number of rotatable bonds is 6. The van der Waals surface area contributed by atoms with Crippen LogP contribution in [0.25, 0.3) is 20.7 Å². The summed E-state index contributed by atoms with van der Waals surface area (Å²) in [7, 11) is 0. The second kappa shape index (κ2) is 7.10.